The number of amides is 3. The van der Waals surface area contributed by atoms with Crippen LogP contribution >= 0.6 is 0 Å². The van der Waals surface area contributed by atoms with Crippen LogP contribution in [0.3, 0.4) is 0 Å². The molecule has 1 aliphatic heterocycles. The third-order valence-corrected chi connectivity index (χ3v) is 4.88. The fourth-order valence-electron chi connectivity index (χ4n) is 3.32. The molecule has 1 heterocycles. The van der Waals surface area contributed by atoms with Crippen molar-refractivity contribution in [2.75, 3.05) is 11.9 Å². The second-order valence-corrected chi connectivity index (χ2v) is 6.91. The molecule has 142 valence electrons. The Morgan fingerprint density at radius 2 is 1.67 bits per heavy atom. The molecule has 3 amide bonds. The number of nitrogens with one attached hydrogen (secondary N) is 1. The maximum atomic E-state index is 12.4. The quantitative estimate of drug-likeness (QED) is 0.485. The summed E-state index contributed by atoms with van der Waals surface area (Å²) in [6, 6.07) is 7.20. The summed E-state index contributed by atoms with van der Waals surface area (Å²) in [4.78, 5) is 50.0. The van der Waals surface area contributed by atoms with Gasteiger partial charge >= 0.3 is 5.97 Å². The molecule has 27 heavy (non-hydrogen) atoms. The van der Waals surface area contributed by atoms with Crippen molar-refractivity contribution in [3.8, 4) is 0 Å². The predicted octanol–water partition coefficient (Wildman–Crippen LogP) is 1.82. The van der Waals surface area contributed by atoms with Gasteiger partial charge in [0.05, 0.1) is 11.8 Å². The number of allylic oxidation sites excluding steroid dienone is 2. The third kappa shape index (κ3) is 4.07. The number of hydrogen-bond acceptors (Lipinski definition) is 5. The van der Waals surface area contributed by atoms with Gasteiger partial charge in [-0.2, -0.15) is 0 Å². The number of benzene rings is 1. The lowest BCUT2D eigenvalue weighted by molar-refractivity contribution is -0.158. The van der Waals surface area contributed by atoms with Gasteiger partial charge in [0.1, 0.15) is 6.54 Å². The Morgan fingerprint density at radius 3 is 2.22 bits per heavy atom. The predicted molar refractivity (Wildman–Crippen MR) is 97.4 cm³/mol. The first-order valence-corrected chi connectivity index (χ1v) is 8.94. The molecule has 7 nitrogen and oxygen atoms in total. The fourth-order valence-corrected chi connectivity index (χ4v) is 3.32. The molecule has 0 radical (unpaired) electrons. The van der Waals surface area contributed by atoms with Crippen molar-refractivity contribution in [2.45, 2.75) is 32.8 Å². The number of fused-ring (bicyclic) bond motifs is 1. The van der Waals surface area contributed by atoms with E-state index in [0.717, 1.165) is 10.5 Å². The SMILES string of the molecule is Cc1ccc(NC(=O)[C@@H](C)OC(=O)CN2C(=O)[C@H]3CC=CC[C@@H]3C2=O)cc1. The van der Waals surface area contributed by atoms with Gasteiger partial charge in [0.25, 0.3) is 5.91 Å². The van der Waals surface area contributed by atoms with Gasteiger partial charge < -0.3 is 10.1 Å². The molecule has 0 unspecified atom stereocenters. The molecule has 1 aromatic carbocycles. The lowest BCUT2D eigenvalue weighted by Crippen LogP contribution is -2.39. The lowest BCUT2D eigenvalue weighted by atomic mass is 9.85. The largest absolute Gasteiger partial charge is 0.451 e. The number of nitrogens with zero attached hydrogens (tertiary/aromatic N) is 1. The van der Waals surface area contributed by atoms with E-state index in [4.69, 9.17) is 4.74 Å². The first-order valence-electron chi connectivity index (χ1n) is 8.94. The van der Waals surface area contributed by atoms with Gasteiger partial charge in [-0.1, -0.05) is 29.8 Å². The van der Waals surface area contributed by atoms with Crippen molar-refractivity contribution in [1.29, 1.82) is 0 Å². The summed E-state index contributed by atoms with van der Waals surface area (Å²) >= 11 is 0. The molecule has 3 rings (SSSR count). The lowest BCUT2D eigenvalue weighted by Gasteiger charge is -2.17. The fraction of sp³-hybridized carbons (Fsp3) is 0.400. The minimum Gasteiger partial charge on any atom is -0.451 e. The van der Waals surface area contributed by atoms with E-state index in [1.165, 1.54) is 6.92 Å². The molecule has 0 spiro atoms. The highest BCUT2D eigenvalue weighted by Crippen LogP contribution is 2.34. The summed E-state index contributed by atoms with van der Waals surface area (Å²) in [5, 5.41) is 2.65. The highest BCUT2D eigenvalue weighted by molar-refractivity contribution is 6.07. The van der Waals surface area contributed by atoms with Gasteiger partial charge in [0, 0.05) is 5.69 Å². The Morgan fingerprint density at radius 1 is 1.11 bits per heavy atom. The number of rotatable bonds is 5. The van der Waals surface area contributed by atoms with Crippen molar-refractivity contribution < 1.29 is 23.9 Å². The molecule has 1 aromatic rings. The molecule has 0 aromatic heterocycles. The van der Waals surface area contributed by atoms with Gasteiger partial charge in [0.2, 0.25) is 11.8 Å². The monoisotopic (exact) mass is 370 g/mol. The second kappa shape index (κ2) is 7.73. The number of carbonyl (C=O) groups is 4. The highest BCUT2D eigenvalue weighted by atomic mass is 16.5. The van der Waals surface area contributed by atoms with E-state index < -0.39 is 36.4 Å². The standard InChI is InChI=1S/C20H22N2O5/c1-12-7-9-14(10-8-12)21-18(24)13(2)27-17(23)11-22-19(25)15-5-3-4-6-16(15)20(22)26/h3-4,7-10,13,15-16H,5-6,11H2,1-2H3,(H,21,24)/t13-,15+,16+/m1/s1. The summed E-state index contributed by atoms with van der Waals surface area (Å²) < 4.78 is 5.11. The van der Waals surface area contributed by atoms with E-state index in [-0.39, 0.29) is 11.8 Å². The van der Waals surface area contributed by atoms with E-state index in [0.29, 0.717) is 18.5 Å². The number of aryl methyl sites for hydroxylation is 1. The van der Waals surface area contributed by atoms with Crippen LogP contribution in [-0.4, -0.2) is 41.2 Å². The van der Waals surface area contributed by atoms with E-state index in [2.05, 4.69) is 5.32 Å². The number of imide groups is 1. The molecular formula is C20H22N2O5. The van der Waals surface area contributed by atoms with E-state index in [1.807, 2.05) is 31.2 Å². The van der Waals surface area contributed by atoms with Crippen LogP contribution in [0.25, 0.3) is 0 Å². The molecule has 7 heteroatoms. The number of likely N-dealkylation sites (tertiary alicyclic amines) is 1. The van der Waals surface area contributed by atoms with Crippen molar-refractivity contribution in [3.05, 3.63) is 42.0 Å². The van der Waals surface area contributed by atoms with Crippen LogP contribution < -0.4 is 5.32 Å². The van der Waals surface area contributed by atoms with E-state index >= 15 is 0 Å². The van der Waals surface area contributed by atoms with Crippen molar-refractivity contribution in [3.63, 3.8) is 0 Å². The zero-order valence-electron chi connectivity index (χ0n) is 15.3. The van der Waals surface area contributed by atoms with Gasteiger partial charge in [0.15, 0.2) is 6.10 Å². The number of ether oxygens (including phenoxy) is 1. The average molecular weight is 370 g/mol. The van der Waals surface area contributed by atoms with Crippen LogP contribution in [0.4, 0.5) is 5.69 Å². The maximum absolute atomic E-state index is 12.4. The molecular weight excluding hydrogens is 348 g/mol. The zero-order valence-corrected chi connectivity index (χ0v) is 15.3. The van der Waals surface area contributed by atoms with Crippen LogP contribution in [0.5, 0.6) is 0 Å². The molecule has 1 aliphatic carbocycles. The van der Waals surface area contributed by atoms with Gasteiger partial charge in [-0.25, -0.2) is 0 Å². The average Bonchev–Trinajstić information content (AvgIpc) is 2.89. The van der Waals surface area contributed by atoms with Crippen molar-refractivity contribution in [1.82, 2.24) is 4.90 Å². The zero-order chi connectivity index (χ0) is 19.6. The normalized spacial score (nSPS) is 22.4. The summed E-state index contributed by atoms with van der Waals surface area (Å²) in [6.45, 7) is 2.91. The first kappa shape index (κ1) is 18.8. The molecule has 3 atom stereocenters. The molecule has 1 N–H and O–H groups in total. The molecule has 1 fully saturated rings. The summed E-state index contributed by atoms with van der Waals surface area (Å²) in [5.74, 6) is -2.74. The van der Waals surface area contributed by atoms with E-state index in [1.54, 1.807) is 12.1 Å². The van der Waals surface area contributed by atoms with Crippen LogP contribution in [0.15, 0.2) is 36.4 Å². The number of hydrogen-bond donors (Lipinski definition) is 1. The Balaban J connectivity index is 1.54. The minimum atomic E-state index is -1.05. The first-order chi connectivity index (χ1) is 12.9. The number of esters is 1. The highest BCUT2D eigenvalue weighted by Gasteiger charge is 2.47. The van der Waals surface area contributed by atoms with Crippen LogP contribution in [0, 0.1) is 18.8 Å². The summed E-state index contributed by atoms with van der Waals surface area (Å²) in [7, 11) is 0. The maximum Gasteiger partial charge on any atom is 0.326 e. The van der Waals surface area contributed by atoms with Crippen LogP contribution in [0.2, 0.25) is 0 Å². The minimum absolute atomic E-state index is 0.344. The molecule has 1 saturated heterocycles. The van der Waals surface area contributed by atoms with Crippen LogP contribution in [-0.2, 0) is 23.9 Å². The van der Waals surface area contributed by atoms with Crippen molar-refractivity contribution in [2.24, 2.45) is 11.8 Å². The second-order valence-electron chi connectivity index (χ2n) is 6.91. The molecule has 2 aliphatic rings. The Hall–Kier alpha value is -2.96. The summed E-state index contributed by atoms with van der Waals surface area (Å²) in [6.07, 6.45) is 3.74. The Kier molecular flexibility index (Phi) is 5.39. The smallest absolute Gasteiger partial charge is 0.326 e. The molecule has 0 bridgehead atoms. The topological polar surface area (TPSA) is 92.8 Å². The third-order valence-electron chi connectivity index (χ3n) is 4.88. The summed E-state index contributed by atoms with van der Waals surface area (Å²) in [5.41, 5.74) is 1.65. The van der Waals surface area contributed by atoms with Gasteiger partial charge in [-0.3, -0.25) is 24.1 Å². The van der Waals surface area contributed by atoms with Gasteiger partial charge in [-0.05, 0) is 38.8 Å². The molecule has 0 saturated carbocycles. The Labute approximate surface area is 157 Å². The van der Waals surface area contributed by atoms with Gasteiger partial charge in [-0.15, -0.1) is 0 Å². The number of carbonyl (C=O) groups excluding carboxylic acids is 4. The van der Waals surface area contributed by atoms with Crippen molar-refractivity contribution >= 4 is 29.4 Å². The van der Waals surface area contributed by atoms with Crippen LogP contribution in [0.1, 0.15) is 25.3 Å². The van der Waals surface area contributed by atoms with E-state index in [9.17, 15) is 19.2 Å². The Bertz CT molecular complexity index is 773. The number of anilines is 1.